The first kappa shape index (κ1) is 16.2. The van der Waals surface area contributed by atoms with Crippen LogP contribution in [0, 0.1) is 40.9 Å². The van der Waals surface area contributed by atoms with Crippen molar-refractivity contribution in [3.8, 4) is 5.75 Å². The number of hydrogen-bond donors (Lipinski definition) is 0. The minimum Gasteiger partial charge on any atom is -0.487 e. The van der Waals surface area contributed by atoms with E-state index in [0.29, 0.717) is 5.33 Å². The first-order chi connectivity index (χ1) is 8.81. The molecular weight excluding hydrogens is 335 g/mol. The molecule has 1 nitrogen and oxygen atoms in total. The second-order valence-electron chi connectivity index (χ2n) is 4.37. The van der Waals surface area contributed by atoms with Gasteiger partial charge in [0, 0.05) is 11.2 Å². The third-order valence-electron chi connectivity index (χ3n) is 2.75. The van der Waals surface area contributed by atoms with Gasteiger partial charge in [0.15, 0.2) is 5.75 Å². The molecule has 0 spiro atoms. The second kappa shape index (κ2) is 6.54. The average Bonchev–Trinajstić information content (AvgIpc) is 2.38. The molecule has 1 unspecified atom stereocenters. The standard InChI is InChI=1S/C12H12BrF5O/c1-5(2)6(3-13)4-19-12-10(17)8(15)7(14)9(16)11(12)18/h5-6H,3-4H2,1-2H3. The summed E-state index contributed by atoms with van der Waals surface area (Å²) in [6.45, 7) is 3.56. The fourth-order valence-corrected chi connectivity index (χ4v) is 2.25. The molecule has 108 valence electrons. The molecule has 1 rings (SSSR count). The maximum absolute atomic E-state index is 13.3. The third-order valence-corrected chi connectivity index (χ3v) is 3.58. The number of benzene rings is 1. The summed E-state index contributed by atoms with van der Waals surface area (Å²) in [7, 11) is 0. The van der Waals surface area contributed by atoms with Gasteiger partial charge in [-0.05, 0) is 5.92 Å². The van der Waals surface area contributed by atoms with E-state index in [-0.39, 0.29) is 18.4 Å². The zero-order valence-electron chi connectivity index (χ0n) is 10.2. The molecule has 0 radical (unpaired) electrons. The van der Waals surface area contributed by atoms with Gasteiger partial charge in [0.05, 0.1) is 6.61 Å². The van der Waals surface area contributed by atoms with Crippen LogP contribution < -0.4 is 4.74 Å². The van der Waals surface area contributed by atoms with E-state index in [1.54, 1.807) is 0 Å². The summed E-state index contributed by atoms with van der Waals surface area (Å²) in [5, 5.41) is 0.486. The van der Waals surface area contributed by atoms with Gasteiger partial charge in [0.1, 0.15) is 0 Å². The number of ether oxygens (including phenoxy) is 1. The molecule has 0 bridgehead atoms. The van der Waals surface area contributed by atoms with Crippen molar-refractivity contribution in [3.05, 3.63) is 29.1 Å². The lowest BCUT2D eigenvalue weighted by atomic mass is 9.99. The Hall–Kier alpha value is -0.850. The van der Waals surface area contributed by atoms with Gasteiger partial charge in [0.2, 0.25) is 29.1 Å². The smallest absolute Gasteiger partial charge is 0.206 e. The third kappa shape index (κ3) is 3.38. The lowest BCUT2D eigenvalue weighted by Crippen LogP contribution is -2.20. The molecule has 19 heavy (non-hydrogen) atoms. The van der Waals surface area contributed by atoms with Gasteiger partial charge in [0.25, 0.3) is 0 Å². The normalized spacial score (nSPS) is 12.9. The number of rotatable bonds is 5. The molecule has 0 fully saturated rings. The Kier molecular flexibility index (Phi) is 5.58. The Balaban J connectivity index is 3.02. The van der Waals surface area contributed by atoms with Crippen LogP contribution in [0.1, 0.15) is 13.8 Å². The van der Waals surface area contributed by atoms with Gasteiger partial charge < -0.3 is 4.74 Å². The van der Waals surface area contributed by atoms with Crippen LogP contribution in [-0.2, 0) is 0 Å². The maximum Gasteiger partial charge on any atom is 0.206 e. The SMILES string of the molecule is CC(C)C(CBr)COc1c(F)c(F)c(F)c(F)c1F. The highest BCUT2D eigenvalue weighted by Gasteiger charge is 2.27. The quantitative estimate of drug-likeness (QED) is 0.331. The molecule has 0 heterocycles. The predicted octanol–water partition coefficient (Wildman–Crippen LogP) is 4.43. The molecule has 0 N–H and O–H groups in total. The Morgan fingerprint density at radius 1 is 0.895 bits per heavy atom. The fourth-order valence-electron chi connectivity index (χ4n) is 1.32. The van der Waals surface area contributed by atoms with E-state index < -0.39 is 34.8 Å². The summed E-state index contributed by atoms with van der Waals surface area (Å²) >= 11 is 3.19. The molecule has 1 aromatic carbocycles. The van der Waals surface area contributed by atoms with Crippen LogP contribution in [-0.4, -0.2) is 11.9 Å². The van der Waals surface area contributed by atoms with Gasteiger partial charge in [-0.3, -0.25) is 0 Å². The van der Waals surface area contributed by atoms with Gasteiger partial charge in [-0.2, -0.15) is 8.78 Å². The van der Waals surface area contributed by atoms with E-state index >= 15 is 0 Å². The van der Waals surface area contributed by atoms with Gasteiger partial charge in [-0.25, -0.2) is 13.2 Å². The lowest BCUT2D eigenvalue weighted by molar-refractivity contribution is 0.202. The van der Waals surface area contributed by atoms with Crippen molar-refractivity contribution in [2.24, 2.45) is 11.8 Å². The first-order valence-electron chi connectivity index (χ1n) is 5.51. The average molecular weight is 347 g/mol. The molecule has 0 aromatic heterocycles. The Morgan fingerprint density at radius 3 is 1.68 bits per heavy atom. The van der Waals surface area contributed by atoms with Crippen LogP contribution in [0.4, 0.5) is 22.0 Å². The van der Waals surface area contributed by atoms with Crippen LogP contribution in [0.25, 0.3) is 0 Å². The van der Waals surface area contributed by atoms with E-state index in [9.17, 15) is 22.0 Å². The van der Waals surface area contributed by atoms with E-state index in [1.165, 1.54) is 0 Å². The van der Waals surface area contributed by atoms with Crippen LogP contribution in [0.3, 0.4) is 0 Å². The highest BCUT2D eigenvalue weighted by molar-refractivity contribution is 9.09. The van der Waals surface area contributed by atoms with Crippen molar-refractivity contribution < 1.29 is 26.7 Å². The van der Waals surface area contributed by atoms with Crippen molar-refractivity contribution in [2.75, 3.05) is 11.9 Å². The van der Waals surface area contributed by atoms with Crippen molar-refractivity contribution in [2.45, 2.75) is 13.8 Å². The molecule has 0 saturated carbocycles. The molecule has 1 atom stereocenters. The fraction of sp³-hybridized carbons (Fsp3) is 0.500. The number of hydrogen-bond acceptors (Lipinski definition) is 1. The van der Waals surface area contributed by atoms with Crippen molar-refractivity contribution in [3.63, 3.8) is 0 Å². The largest absolute Gasteiger partial charge is 0.487 e. The van der Waals surface area contributed by atoms with Gasteiger partial charge in [-0.1, -0.05) is 29.8 Å². The van der Waals surface area contributed by atoms with Crippen molar-refractivity contribution in [1.29, 1.82) is 0 Å². The zero-order chi connectivity index (χ0) is 14.7. The van der Waals surface area contributed by atoms with Crippen molar-refractivity contribution in [1.82, 2.24) is 0 Å². The van der Waals surface area contributed by atoms with Crippen LogP contribution in [0.2, 0.25) is 0 Å². The monoisotopic (exact) mass is 346 g/mol. The molecule has 0 amide bonds. The minimum atomic E-state index is -2.19. The lowest BCUT2D eigenvalue weighted by Gasteiger charge is -2.19. The molecular formula is C12H12BrF5O. The van der Waals surface area contributed by atoms with E-state index in [2.05, 4.69) is 15.9 Å². The molecule has 0 aliphatic heterocycles. The van der Waals surface area contributed by atoms with E-state index in [1.807, 2.05) is 13.8 Å². The molecule has 1 aromatic rings. The minimum absolute atomic E-state index is 0.116. The van der Waals surface area contributed by atoms with Gasteiger partial charge >= 0.3 is 0 Å². The highest BCUT2D eigenvalue weighted by atomic mass is 79.9. The molecule has 0 aliphatic carbocycles. The molecule has 7 heteroatoms. The van der Waals surface area contributed by atoms with Crippen LogP contribution in [0.15, 0.2) is 0 Å². The summed E-state index contributed by atoms with van der Waals surface area (Å²) in [5.41, 5.74) is 0. The summed E-state index contributed by atoms with van der Waals surface area (Å²) in [4.78, 5) is 0. The summed E-state index contributed by atoms with van der Waals surface area (Å²) in [6, 6.07) is 0. The Bertz CT molecular complexity index is 435. The highest BCUT2D eigenvalue weighted by Crippen LogP contribution is 2.30. The second-order valence-corrected chi connectivity index (χ2v) is 5.02. The summed E-state index contributed by atoms with van der Waals surface area (Å²) < 4.78 is 70.0. The number of alkyl halides is 1. The maximum atomic E-state index is 13.3. The summed E-state index contributed by atoms with van der Waals surface area (Å²) in [6.07, 6.45) is 0. The molecule has 0 aliphatic rings. The predicted molar refractivity (Wildman–Crippen MR) is 63.8 cm³/mol. The topological polar surface area (TPSA) is 9.23 Å². The first-order valence-corrected chi connectivity index (χ1v) is 6.63. The van der Waals surface area contributed by atoms with Gasteiger partial charge in [-0.15, -0.1) is 0 Å². The van der Waals surface area contributed by atoms with E-state index in [0.717, 1.165) is 0 Å². The van der Waals surface area contributed by atoms with Crippen molar-refractivity contribution >= 4 is 15.9 Å². The zero-order valence-corrected chi connectivity index (χ0v) is 11.8. The Morgan fingerprint density at radius 2 is 1.32 bits per heavy atom. The van der Waals surface area contributed by atoms with Crippen LogP contribution >= 0.6 is 15.9 Å². The number of halogens is 6. The Labute approximate surface area is 115 Å². The van der Waals surface area contributed by atoms with E-state index in [4.69, 9.17) is 4.74 Å². The summed E-state index contributed by atoms with van der Waals surface area (Å²) in [5.74, 6) is -11.3. The molecule has 0 saturated heterocycles. The van der Waals surface area contributed by atoms with Crippen LogP contribution in [0.5, 0.6) is 5.75 Å².